The Labute approximate surface area is 156 Å². The van der Waals surface area contributed by atoms with Crippen molar-refractivity contribution in [3.05, 3.63) is 66.0 Å². The number of benzene rings is 2. The van der Waals surface area contributed by atoms with E-state index in [4.69, 9.17) is 0 Å². The van der Waals surface area contributed by atoms with Crippen molar-refractivity contribution in [3.8, 4) is 5.69 Å². The van der Waals surface area contributed by atoms with Gasteiger partial charge < -0.3 is 0 Å². The van der Waals surface area contributed by atoms with Gasteiger partial charge in [-0.3, -0.25) is 10.2 Å². The first-order valence-corrected chi connectivity index (χ1v) is 9.72. The Kier molecular flexibility index (Phi) is 5.57. The van der Waals surface area contributed by atoms with Crippen LogP contribution in [0.1, 0.15) is 29.3 Å². The number of sulfonamides is 1. The quantitative estimate of drug-likeness (QED) is 0.590. The molecule has 0 aliphatic heterocycles. The molecule has 0 aliphatic carbocycles. The first-order valence-electron chi connectivity index (χ1n) is 8.24. The number of aryl methyl sites for hydroxylation is 1. The SMILES string of the molecule is CCCc1ccc(S(=O)(=O)NNC(=O)c2ccc(-n3cnnn3)cc2)cc1. The van der Waals surface area contributed by atoms with E-state index in [9.17, 15) is 13.2 Å². The minimum atomic E-state index is -3.85. The van der Waals surface area contributed by atoms with E-state index in [2.05, 4.69) is 32.7 Å². The van der Waals surface area contributed by atoms with E-state index in [-0.39, 0.29) is 10.5 Å². The lowest BCUT2D eigenvalue weighted by molar-refractivity contribution is 0.0945. The van der Waals surface area contributed by atoms with Gasteiger partial charge in [0, 0.05) is 5.56 Å². The summed E-state index contributed by atoms with van der Waals surface area (Å²) in [4.78, 5) is 14.4. The Bertz CT molecular complexity index is 1000. The maximum atomic E-state index is 12.3. The third-order valence-corrected chi connectivity index (χ3v) is 5.08. The summed E-state index contributed by atoms with van der Waals surface area (Å²) < 4.78 is 26.0. The standard InChI is InChI=1S/C17H18N6O3S/c1-2-3-13-4-10-16(11-5-13)27(25,26)22-19-17(24)14-6-8-15(9-7-14)23-12-18-20-21-23/h4-12,22H,2-3H2,1H3,(H,19,24). The van der Waals surface area contributed by atoms with Crippen molar-refractivity contribution in [3.63, 3.8) is 0 Å². The summed E-state index contributed by atoms with van der Waals surface area (Å²) in [6.07, 6.45) is 3.28. The summed E-state index contributed by atoms with van der Waals surface area (Å²) in [5.74, 6) is -0.579. The van der Waals surface area contributed by atoms with Crippen LogP contribution in [0.2, 0.25) is 0 Å². The van der Waals surface area contributed by atoms with Gasteiger partial charge in [-0.05, 0) is 58.8 Å². The average Bonchev–Trinajstić information content (AvgIpc) is 3.22. The van der Waals surface area contributed by atoms with E-state index in [0.717, 1.165) is 18.4 Å². The van der Waals surface area contributed by atoms with Crippen LogP contribution in [-0.4, -0.2) is 34.5 Å². The van der Waals surface area contributed by atoms with Gasteiger partial charge in [-0.2, -0.15) is 0 Å². The van der Waals surface area contributed by atoms with Crippen molar-refractivity contribution in [2.45, 2.75) is 24.7 Å². The number of hydrazine groups is 1. The van der Waals surface area contributed by atoms with Crippen molar-refractivity contribution in [2.75, 3.05) is 0 Å². The van der Waals surface area contributed by atoms with E-state index < -0.39 is 15.9 Å². The van der Waals surface area contributed by atoms with Crippen LogP contribution in [0, 0.1) is 0 Å². The zero-order valence-electron chi connectivity index (χ0n) is 14.5. The Balaban J connectivity index is 1.63. The highest BCUT2D eigenvalue weighted by Crippen LogP contribution is 2.12. The van der Waals surface area contributed by atoms with Crippen LogP contribution < -0.4 is 10.3 Å². The maximum Gasteiger partial charge on any atom is 0.266 e. The Morgan fingerprint density at radius 3 is 2.37 bits per heavy atom. The number of tetrazole rings is 1. The van der Waals surface area contributed by atoms with Gasteiger partial charge in [0.25, 0.3) is 15.9 Å². The fraction of sp³-hybridized carbons (Fsp3) is 0.176. The molecule has 27 heavy (non-hydrogen) atoms. The maximum absolute atomic E-state index is 12.3. The number of hydrogen-bond donors (Lipinski definition) is 2. The summed E-state index contributed by atoms with van der Waals surface area (Å²) in [7, 11) is -3.85. The molecule has 2 aromatic carbocycles. The molecule has 2 N–H and O–H groups in total. The summed E-state index contributed by atoms with van der Waals surface area (Å²) in [6, 6.07) is 12.9. The van der Waals surface area contributed by atoms with Crippen LogP contribution in [0.25, 0.3) is 5.69 Å². The predicted octanol–water partition coefficient (Wildman–Crippen LogP) is 1.24. The molecule has 0 bridgehead atoms. The Morgan fingerprint density at radius 2 is 1.78 bits per heavy atom. The topological polar surface area (TPSA) is 119 Å². The predicted molar refractivity (Wildman–Crippen MR) is 97.4 cm³/mol. The zero-order valence-corrected chi connectivity index (χ0v) is 15.3. The summed E-state index contributed by atoms with van der Waals surface area (Å²) in [5, 5.41) is 10.8. The van der Waals surface area contributed by atoms with Gasteiger partial charge in [0.05, 0.1) is 10.6 Å². The number of carbonyl (C=O) groups is 1. The van der Waals surface area contributed by atoms with Crippen LogP contribution >= 0.6 is 0 Å². The molecule has 1 amide bonds. The molecule has 1 heterocycles. The molecular weight excluding hydrogens is 368 g/mol. The van der Waals surface area contributed by atoms with Gasteiger partial charge >= 0.3 is 0 Å². The fourth-order valence-electron chi connectivity index (χ4n) is 2.41. The van der Waals surface area contributed by atoms with Crippen molar-refractivity contribution in [1.29, 1.82) is 0 Å². The lowest BCUT2D eigenvalue weighted by Crippen LogP contribution is -2.41. The smallest absolute Gasteiger partial charge is 0.266 e. The highest BCUT2D eigenvalue weighted by atomic mass is 32.2. The first kappa shape index (κ1) is 18.7. The molecule has 1 aromatic heterocycles. The highest BCUT2D eigenvalue weighted by molar-refractivity contribution is 7.89. The normalized spacial score (nSPS) is 11.3. The largest absolute Gasteiger partial charge is 0.273 e. The van der Waals surface area contributed by atoms with Crippen LogP contribution in [0.4, 0.5) is 0 Å². The number of nitrogens with one attached hydrogen (secondary N) is 2. The van der Waals surface area contributed by atoms with Crippen molar-refractivity contribution in [2.24, 2.45) is 0 Å². The number of carbonyl (C=O) groups excluding carboxylic acids is 1. The molecule has 140 valence electrons. The molecule has 0 atom stereocenters. The molecule has 9 nitrogen and oxygen atoms in total. The van der Waals surface area contributed by atoms with Crippen molar-refractivity contribution < 1.29 is 13.2 Å². The third-order valence-electron chi connectivity index (χ3n) is 3.81. The van der Waals surface area contributed by atoms with E-state index in [1.165, 1.54) is 23.1 Å². The second-order valence-corrected chi connectivity index (χ2v) is 7.44. The molecule has 0 aliphatic rings. The van der Waals surface area contributed by atoms with E-state index in [1.54, 1.807) is 36.4 Å². The second-order valence-electron chi connectivity index (χ2n) is 5.75. The van der Waals surface area contributed by atoms with E-state index in [1.807, 2.05) is 0 Å². The number of amides is 1. The van der Waals surface area contributed by atoms with Gasteiger partial charge in [0.15, 0.2) is 0 Å². The zero-order chi connectivity index (χ0) is 19.3. The monoisotopic (exact) mass is 386 g/mol. The molecule has 0 saturated carbocycles. The van der Waals surface area contributed by atoms with Crippen molar-refractivity contribution in [1.82, 2.24) is 30.5 Å². The molecule has 0 spiro atoms. The molecule has 0 radical (unpaired) electrons. The third kappa shape index (κ3) is 4.54. The fourth-order valence-corrected chi connectivity index (χ4v) is 3.25. The number of hydrogen-bond acceptors (Lipinski definition) is 6. The molecule has 3 rings (SSSR count). The van der Waals surface area contributed by atoms with Gasteiger partial charge in [-0.15, -0.1) is 9.93 Å². The minimum absolute atomic E-state index is 0.0803. The highest BCUT2D eigenvalue weighted by Gasteiger charge is 2.15. The average molecular weight is 386 g/mol. The molecule has 0 unspecified atom stereocenters. The number of rotatable bonds is 7. The summed E-state index contributed by atoms with van der Waals surface area (Å²) in [5.41, 5.74) is 4.22. The van der Waals surface area contributed by atoms with Gasteiger partial charge in [0.1, 0.15) is 6.33 Å². The van der Waals surface area contributed by atoms with E-state index >= 15 is 0 Å². The Hall–Kier alpha value is -3.11. The minimum Gasteiger partial charge on any atom is -0.273 e. The van der Waals surface area contributed by atoms with Crippen LogP contribution in [0.15, 0.2) is 59.8 Å². The van der Waals surface area contributed by atoms with E-state index in [0.29, 0.717) is 5.69 Å². The lowest BCUT2D eigenvalue weighted by atomic mass is 10.1. The van der Waals surface area contributed by atoms with Crippen LogP contribution in [0.5, 0.6) is 0 Å². The number of nitrogens with zero attached hydrogens (tertiary/aromatic N) is 4. The Morgan fingerprint density at radius 1 is 1.07 bits per heavy atom. The summed E-state index contributed by atoms with van der Waals surface area (Å²) in [6.45, 7) is 2.05. The molecule has 10 heteroatoms. The lowest BCUT2D eigenvalue weighted by Gasteiger charge is -2.09. The molecule has 0 fully saturated rings. The molecular formula is C17H18N6O3S. The van der Waals surface area contributed by atoms with Gasteiger partial charge in [-0.1, -0.05) is 25.5 Å². The second kappa shape index (κ2) is 8.06. The molecule has 3 aromatic rings. The van der Waals surface area contributed by atoms with Gasteiger partial charge in [-0.25, -0.2) is 13.1 Å². The van der Waals surface area contributed by atoms with Crippen molar-refractivity contribution >= 4 is 15.9 Å². The first-order chi connectivity index (χ1) is 13.0. The summed E-state index contributed by atoms with van der Waals surface area (Å²) >= 11 is 0. The molecule has 0 saturated heterocycles. The van der Waals surface area contributed by atoms with Gasteiger partial charge in [0.2, 0.25) is 0 Å². The van der Waals surface area contributed by atoms with Crippen LogP contribution in [-0.2, 0) is 16.4 Å². The van der Waals surface area contributed by atoms with Crippen LogP contribution in [0.3, 0.4) is 0 Å². The number of aromatic nitrogens is 4.